The average molecular weight is 209 g/mol. The van der Waals surface area contributed by atoms with Crippen molar-refractivity contribution in [3.63, 3.8) is 0 Å². The van der Waals surface area contributed by atoms with Crippen LogP contribution in [0.1, 0.15) is 58.8 Å². The smallest absolute Gasteiger partial charge is 0.000771 e. The average Bonchev–Trinajstić information content (AvgIpc) is 2.30. The third kappa shape index (κ3) is 3.98. The van der Waals surface area contributed by atoms with Gasteiger partial charge in [0.05, 0.1) is 0 Å². The van der Waals surface area contributed by atoms with E-state index in [2.05, 4.69) is 25.7 Å². The van der Waals surface area contributed by atoms with Gasteiger partial charge in [0.15, 0.2) is 0 Å². The van der Waals surface area contributed by atoms with Gasteiger partial charge in [0, 0.05) is 6.54 Å². The Morgan fingerprint density at radius 2 is 2.20 bits per heavy atom. The monoisotopic (exact) mass is 209 g/mol. The van der Waals surface area contributed by atoms with Crippen molar-refractivity contribution in [3.05, 3.63) is 12.2 Å². The molecule has 1 heteroatoms. The van der Waals surface area contributed by atoms with Crippen LogP contribution < -0.4 is 5.32 Å². The summed E-state index contributed by atoms with van der Waals surface area (Å²) in [5.41, 5.74) is 2.02. The molecule has 0 aliphatic carbocycles. The summed E-state index contributed by atoms with van der Waals surface area (Å²) in [6, 6.07) is 0. The molecule has 1 aliphatic heterocycles. The van der Waals surface area contributed by atoms with Crippen LogP contribution in [0.15, 0.2) is 12.2 Å². The molecule has 1 fully saturated rings. The molecule has 1 saturated heterocycles. The Labute approximate surface area is 95.3 Å². The van der Waals surface area contributed by atoms with Crippen LogP contribution in [0, 0.1) is 5.41 Å². The van der Waals surface area contributed by atoms with Crippen molar-refractivity contribution in [2.24, 2.45) is 5.41 Å². The molecule has 0 aromatic carbocycles. The highest BCUT2D eigenvalue weighted by molar-refractivity contribution is 4.93. The summed E-state index contributed by atoms with van der Waals surface area (Å²) in [6.07, 6.45) is 9.23. The van der Waals surface area contributed by atoms with Crippen LogP contribution in [0.25, 0.3) is 0 Å². The Balaban J connectivity index is 2.29. The minimum atomic E-state index is 0.603. The summed E-state index contributed by atoms with van der Waals surface area (Å²) in [4.78, 5) is 0. The Morgan fingerprint density at radius 3 is 2.73 bits per heavy atom. The molecule has 1 atom stereocenters. The first-order valence-electron chi connectivity index (χ1n) is 6.60. The minimum Gasteiger partial charge on any atom is -0.316 e. The number of hydrogen-bond acceptors (Lipinski definition) is 1. The molecule has 0 saturated carbocycles. The van der Waals surface area contributed by atoms with Crippen LogP contribution >= 0.6 is 0 Å². The lowest BCUT2D eigenvalue weighted by Crippen LogP contribution is -2.39. The van der Waals surface area contributed by atoms with E-state index in [1.54, 1.807) is 0 Å². The van der Waals surface area contributed by atoms with Crippen LogP contribution in [0.2, 0.25) is 0 Å². The van der Waals surface area contributed by atoms with Gasteiger partial charge in [0.1, 0.15) is 0 Å². The maximum Gasteiger partial charge on any atom is 0.000771 e. The predicted octanol–water partition coefficient (Wildman–Crippen LogP) is 3.90. The van der Waals surface area contributed by atoms with Crippen LogP contribution in [-0.2, 0) is 0 Å². The van der Waals surface area contributed by atoms with Gasteiger partial charge in [0.2, 0.25) is 0 Å². The molecule has 1 rings (SSSR count). The van der Waals surface area contributed by atoms with Gasteiger partial charge in [-0.3, -0.25) is 0 Å². The predicted molar refractivity (Wildman–Crippen MR) is 68.1 cm³/mol. The van der Waals surface area contributed by atoms with E-state index in [0.717, 1.165) is 6.42 Å². The lowest BCUT2D eigenvalue weighted by Gasteiger charge is -2.37. The largest absolute Gasteiger partial charge is 0.316 e. The van der Waals surface area contributed by atoms with Crippen LogP contribution in [-0.4, -0.2) is 13.1 Å². The van der Waals surface area contributed by atoms with Gasteiger partial charge < -0.3 is 5.32 Å². The second-order valence-electron chi connectivity index (χ2n) is 5.09. The molecule has 0 spiro atoms. The topological polar surface area (TPSA) is 12.0 Å². The van der Waals surface area contributed by atoms with Gasteiger partial charge in [-0.25, -0.2) is 0 Å². The number of nitrogens with one attached hydrogen (secondary N) is 1. The number of hydrogen-bond donors (Lipinski definition) is 1. The minimum absolute atomic E-state index is 0.603. The maximum atomic E-state index is 4.09. The van der Waals surface area contributed by atoms with Crippen molar-refractivity contribution >= 4 is 0 Å². The molecule has 1 aliphatic rings. The highest BCUT2D eigenvalue weighted by Gasteiger charge is 2.29. The molecule has 0 radical (unpaired) electrons. The van der Waals surface area contributed by atoms with E-state index in [1.807, 2.05) is 0 Å². The number of allylic oxidation sites excluding steroid dienone is 1. The highest BCUT2D eigenvalue weighted by atomic mass is 14.9. The van der Waals surface area contributed by atoms with Crippen molar-refractivity contribution in [1.82, 2.24) is 5.32 Å². The second-order valence-corrected chi connectivity index (χ2v) is 5.09. The van der Waals surface area contributed by atoms with E-state index < -0.39 is 0 Å². The molecular weight excluding hydrogens is 182 g/mol. The van der Waals surface area contributed by atoms with Gasteiger partial charge in [0.25, 0.3) is 0 Å². The summed E-state index contributed by atoms with van der Waals surface area (Å²) in [7, 11) is 0. The van der Waals surface area contributed by atoms with E-state index in [0.29, 0.717) is 5.41 Å². The van der Waals surface area contributed by atoms with Crippen molar-refractivity contribution in [1.29, 1.82) is 0 Å². The van der Waals surface area contributed by atoms with Crippen molar-refractivity contribution in [2.75, 3.05) is 13.1 Å². The Kier molecular flexibility index (Phi) is 5.38. The van der Waals surface area contributed by atoms with E-state index in [1.165, 1.54) is 57.2 Å². The molecule has 0 bridgehead atoms. The summed E-state index contributed by atoms with van der Waals surface area (Å²) < 4.78 is 0. The molecule has 15 heavy (non-hydrogen) atoms. The fourth-order valence-corrected chi connectivity index (χ4v) is 2.61. The van der Waals surface area contributed by atoms with Crippen molar-refractivity contribution < 1.29 is 0 Å². The van der Waals surface area contributed by atoms with Crippen LogP contribution in [0.5, 0.6) is 0 Å². The SMILES string of the molecule is C=C(CC)CCCC1(CC)CCCNC1. The molecule has 0 aromatic rings. The first-order chi connectivity index (χ1) is 7.22. The van der Waals surface area contributed by atoms with Gasteiger partial charge in [-0.2, -0.15) is 0 Å². The third-order valence-corrected chi connectivity index (χ3v) is 4.05. The van der Waals surface area contributed by atoms with Crippen molar-refractivity contribution in [3.8, 4) is 0 Å². The van der Waals surface area contributed by atoms with Crippen LogP contribution in [0.4, 0.5) is 0 Å². The zero-order chi connectivity index (χ0) is 11.1. The molecule has 1 unspecified atom stereocenters. The number of piperidine rings is 1. The lowest BCUT2D eigenvalue weighted by atomic mass is 9.74. The summed E-state index contributed by atoms with van der Waals surface area (Å²) >= 11 is 0. The molecule has 1 N–H and O–H groups in total. The van der Waals surface area contributed by atoms with Crippen molar-refractivity contribution in [2.45, 2.75) is 58.8 Å². The van der Waals surface area contributed by atoms with Gasteiger partial charge in [-0.05, 0) is 56.9 Å². The summed E-state index contributed by atoms with van der Waals surface area (Å²) in [5, 5.41) is 3.56. The normalized spacial score (nSPS) is 26.5. The van der Waals surface area contributed by atoms with E-state index in [9.17, 15) is 0 Å². The Morgan fingerprint density at radius 1 is 1.40 bits per heavy atom. The molecule has 0 amide bonds. The zero-order valence-electron chi connectivity index (χ0n) is 10.6. The van der Waals surface area contributed by atoms with E-state index in [-0.39, 0.29) is 0 Å². The van der Waals surface area contributed by atoms with Gasteiger partial charge in [-0.1, -0.05) is 26.0 Å². The Bertz CT molecular complexity index is 190. The van der Waals surface area contributed by atoms with Gasteiger partial charge >= 0.3 is 0 Å². The fraction of sp³-hybridized carbons (Fsp3) is 0.857. The Hall–Kier alpha value is -0.300. The standard InChI is InChI=1S/C14H27N/c1-4-13(3)8-6-9-14(5-2)10-7-11-15-12-14/h15H,3-12H2,1-2H3. The zero-order valence-corrected chi connectivity index (χ0v) is 10.6. The lowest BCUT2D eigenvalue weighted by molar-refractivity contribution is 0.179. The second kappa shape index (κ2) is 6.32. The molecule has 0 aromatic heterocycles. The summed E-state index contributed by atoms with van der Waals surface area (Å²) in [5.74, 6) is 0. The highest BCUT2D eigenvalue weighted by Crippen LogP contribution is 2.35. The first-order valence-corrected chi connectivity index (χ1v) is 6.60. The van der Waals surface area contributed by atoms with Gasteiger partial charge in [-0.15, -0.1) is 0 Å². The quantitative estimate of drug-likeness (QED) is 0.654. The number of rotatable bonds is 6. The van der Waals surface area contributed by atoms with E-state index in [4.69, 9.17) is 0 Å². The molecule has 1 nitrogen and oxygen atoms in total. The van der Waals surface area contributed by atoms with E-state index >= 15 is 0 Å². The molecule has 88 valence electrons. The molecule has 1 heterocycles. The molecular formula is C14H27N. The fourth-order valence-electron chi connectivity index (χ4n) is 2.61. The first kappa shape index (κ1) is 12.8. The summed E-state index contributed by atoms with van der Waals surface area (Å²) in [6.45, 7) is 11.1. The van der Waals surface area contributed by atoms with Crippen LogP contribution in [0.3, 0.4) is 0 Å². The third-order valence-electron chi connectivity index (χ3n) is 4.05. The maximum absolute atomic E-state index is 4.09.